The van der Waals surface area contributed by atoms with Crippen molar-refractivity contribution in [3.63, 3.8) is 0 Å². The maximum absolute atomic E-state index is 12.1. The maximum atomic E-state index is 12.1. The van der Waals surface area contributed by atoms with Crippen LogP contribution in [-0.4, -0.2) is 39.8 Å². The van der Waals surface area contributed by atoms with Gasteiger partial charge in [0.2, 0.25) is 0 Å². The normalized spacial score (nSPS) is 11.2. The average Bonchev–Trinajstić information content (AvgIpc) is 3.31. The van der Waals surface area contributed by atoms with E-state index >= 15 is 0 Å². The molecule has 0 aliphatic heterocycles. The van der Waals surface area contributed by atoms with E-state index in [2.05, 4.69) is 51.1 Å². The van der Waals surface area contributed by atoms with Gasteiger partial charge in [-0.2, -0.15) is 5.10 Å². The van der Waals surface area contributed by atoms with E-state index in [4.69, 9.17) is 4.74 Å². The second-order valence-electron chi connectivity index (χ2n) is 6.97. The number of rotatable bonds is 10. The van der Waals surface area contributed by atoms with Gasteiger partial charge in [-0.1, -0.05) is 83.4 Å². The molecule has 0 atom stereocenters. The minimum Gasteiger partial charge on any atom is -0.504 e. The molecule has 10 heteroatoms. The zero-order valence-corrected chi connectivity index (χ0v) is 20.8. The first-order chi connectivity index (χ1) is 16.6. The van der Waals surface area contributed by atoms with E-state index < -0.39 is 0 Å². The van der Waals surface area contributed by atoms with Gasteiger partial charge < -0.3 is 9.84 Å². The molecule has 0 radical (unpaired) electrons. The molecule has 1 amide bonds. The summed E-state index contributed by atoms with van der Waals surface area (Å²) in [4.78, 5) is 12.1. The van der Waals surface area contributed by atoms with Crippen LogP contribution in [0.15, 0.2) is 74.4 Å². The number of hydrazone groups is 1. The number of amides is 1. The van der Waals surface area contributed by atoms with Crippen LogP contribution in [0.4, 0.5) is 0 Å². The Kier molecular flexibility index (Phi) is 8.40. The third-order valence-corrected chi connectivity index (χ3v) is 7.91. The summed E-state index contributed by atoms with van der Waals surface area (Å²) in [6.07, 6.45) is 1.38. The number of carbonyl (C=O) groups excluding carboxylic acids is 1. The Morgan fingerprint density at radius 3 is 2.71 bits per heavy atom. The quantitative estimate of drug-likeness (QED) is 0.169. The van der Waals surface area contributed by atoms with Crippen molar-refractivity contribution in [3.05, 3.63) is 71.8 Å². The molecule has 0 fully saturated rings. The SMILES string of the molecule is CCOc1cccc(/C=N\NC(=O)CSc2nnc(SCc3cccc4ccccc34)s2)c1O. The first-order valence-electron chi connectivity index (χ1n) is 10.5. The number of nitrogens with zero attached hydrogens (tertiary/aromatic N) is 3. The molecule has 1 heterocycles. The highest BCUT2D eigenvalue weighted by molar-refractivity contribution is 8.03. The molecule has 0 spiro atoms. The summed E-state index contributed by atoms with van der Waals surface area (Å²) >= 11 is 4.41. The fourth-order valence-corrected chi connectivity index (χ4v) is 5.94. The minimum absolute atomic E-state index is 0.0147. The second-order valence-corrected chi connectivity index (χ2v) is 10.4. The molecule has 0 saturated carbocycles. The number of para-hydroxylation sites is 1. The van der Waals surface area contributed by atoms with E-state index in [1.165, 1.54) is 45.6 Å². The lowest BCUT2D eigenvalue weighted by molar-refractivity contribution is -0.118. The number of hydrogen-bond donors (Lipinski definition) is 2. The van der Waals surface area contributed by atoms with Crippen LogP contribution in [0.1, 0.15) is 18.1 Å². The summed E-state index contributed by atoms with van der Waals surface area (Å²) in [5.41, 5.74) is 4.17. The fraction of sp³-hybridized carbons (Fsp3) is 0.167. The van der Waals surface area contributed by atoms with Gasteiger partial charge in [-0.3, -0.25) is 4.79 Å². The first kappa shape index (κ1) is 24.1. The molecular formula is C24H22N4O3S3. The van der Waals surface area contributed by atoms with Crippen molar-refractivity contribution in [3.8, 4) is 11.5 Å². The van der Waals surface area contributed by atoms with E-state index in [1.807, 2.05) is 19.1 Å². The molecule has 0 aliphatic carbocycles. The molecule has 34 heavy (non-hydrogen) atoms. The van der Waals surface area contributed by atoms with Gasteiger partial charge in [0, 0.05) is 11.3 Å². The molecule has 7 nitrogen and oxygen atoms in total. The minimum atomic E-state index is -0.276. The number of benzene rings is 3. The summed E-state index contributed by atoms with van der Waals surface area (Å²) in [6.45, 7) is 2.28. The Balaban J connectivity index is 1.25. The molecule has 0 aliphatic rings. The molecule has 4 aromatic rings. The Bertz CT molecular complexity index is 1300. The summed E-state index contributed by atoms with van der Waals surface area (Å²) in [5.74, 6) is 1.04. The average molecular weight is 511 g/mol. The van der Waals surface area contributed by atoms with Gasteiger partial charge in [0.05, 0.1) is 18.6 Å². The highest BCUT2D eigenvalue weighted by atomic mass is 32.2. The van der Waals surface area contributed by atoms with Crippen LogP contribution in [0.2, 0.25) is 0 Å². The second kappa shape index (κ2) is 11.9. The molecule has 0 saturated heterocycles. The number of phenolic OH excluding ortho intramolecular Hbond substituents is 1. The van der Waals surface area contributed by atoms with Gasteiger partial charge in [0.25, 0.3) is 5.91 Å². The third kappa shape index (κ3) is 6.28. The van der Waals surface area contributed by atoms with E-state index in [1.54, 1.807) is 30.0 Å². The van der Waals surface area contributed by atoms with Crippen molar-refractivity contribution in [2.75, 3.05) is 12.4 Å². The van der Waals surface area contributed by atoms with Crippen molar-refractivity contribution in [1.82, 2.24) is 15.6 Å². The zero-order chi connectivity index (χ0) is 23.8. The van der Waals surface area contributed by atoms with Crippen LogP contribution in [-0.2, 0) is 10.5 Å². The lowest BCUT2D eigenvalue weighted by Gasteiger charge is -2.07. The molecular weight excluding hydrogens is 488 g/mol. The van der Waals surface area contributed by atoms with Gasteiger partial charge in [-0.05, 0) is 35.4 Å². The number of hydrogen-bond acceptors (Lipinski definition) is 9. The van der Waals surface area contributed by atoms with Crippen molar-refractivity contribution < 1.29 is 14.6 Å². The maximum Gasteiger partial charge on any atom is 0.250 e. The van der Waals surface area contributed by atoms with Gasteiger partial charge in [0.15, 0.2) is 20.2 Å². The van der Waals surface area contributed by atoms with Crippen molar-refractivity contribution in [2.45, 2.75) is 21.4 Å². The molecule has 0 bridgehead atoms. The Labute approximate surface area is 209 Å². The zero-order valence-electron chi connectivity index (χ0n) is 18.3. The number of thioether (sulfide) groups is 2. The van der Waals surface area contributed by atoms with E-state index in [0.29, 0.717) is 17.9 Å². The van der Waals surface area contributed by atoms with Gasteiger partial charge in [-0.15, -0.1) is 10.2 Å². The first-order valence-corrected chi connectivity index (χ1v) is 13.2. The number of phenols is 1. The number of aromatic hydroxyl groups is 1. The Hall–Kier alpha value is -3.08. The number of fused-ring (bicyclic) bond motifs is 1. The molecule has 174 valence electrons. The van der Waals surface area contributed by atoms with Gasteiger partial charge >= 0.3 is 0 Å². The molecule has 1 aromatic heterocycles. The topological polar surface area (TPSA) is 96.7 Å². The van der Waals surface area contributed by atoms with Crippen LogP contribution in [0.5, 0.6) is 11.5 Å². The van der Waals surface area contributed by atoms with Crippen molar-refractivity contribution >= 4 is 57.8 Å². The van der Waals surface area contributed by atoms with Crippen molar-refractivity contribution in [1.29, 1.82) is 0 Å². The van der Waals surface area contributed by atoms with Crippen LogP contribution >= 0.6 is 34.9 Å². The number of aromatic nitrogens is 2. The summed E-state index contributed by atoms with van der Waals surface area (Å²) in [5, 5.41) is 25.0. The monoisotopic (exact) mass is 510 g/mol. The standard InChI is InChI=1S/C24H22N4O3S3/c1-2-31-20-12-6-9-17(22(20)30)13-25-26-21(29)15-33-24-28-27-23(34-24)32-14-18-10-5-8-16-7-3-4-11-19(16)18/h3-13,30H,2,14-15H2,1H3,(H,26,29)/b25-13-. The van der Waals surface area contributed by atoms with E-state index in [0.717, 1.165) is 14.4 Å². The highest BCUT2D eigenvalue weighted by Gasteiger charge is 2.10. The van der Waals surface area contributed by atoms with E-state index in [-0.39, 0.29) is 17.4 Å². The predicted octanol–water partition coefficient (Wildman–Crippen LogP) is 5.33. The summed E-state index contributed by atoms with van der Waals surface area (Å²) in [7, 11) is 0. The smallest absolute Gasteiger partial charge is 0.250 e. The predicted molar refractivity (Wildman–Crippen MR) is 139 cm³/mol. The highest BCUT2D eigenvalue weighted by Crippen LogP contribution is 2.32. The number of nitrogens with one attached hydrogen (secondary N) is 1. The van der Waals surface area contributed by atoms with Gasteiger partial charge in [0.1, 0.15) is 0 Å². The third-order valence-electron chi connectivity index (χ3n) is 4.67. The number of ether oxygens (including phenoxy) is 1. The van der Waals surface area contributed by atoms with Crippen molar-refractivity contribution in [2.24, 2.45) is 5.10 Å². The van der Waals surface area contributed by atoms with Gasteiger partial charge in [-0.25, -0.2) is 5.43 Å². The molecule has 0 unspecified atom stereocenters. The van der Waals surface area contributed by atoms with E-state index in [9.17, 15) is 9.90 Å². The van der Waals surface area contributed by atoms with Crippen LogP contribution in [0.3, 0.4) is 0 Å². The van der Waals surface area contributed by atoms with Crippen LogP contribution in [0, 0.1) is 0 Å². The fourth-order valence-electron chi connectivity index (χ4n) is 3.12. The Morgan fingerprint density at radius 2 is 1.85 bits per heavy atom. The van der Waals surface area contributed by atoms with Crippen LogP contribution in [0.25, 0.3) is 10.8 Å². The van der Waals surface area contributed by atoms with Crippen LogP contribution < -0.4 is 10.2 Å². The lowest BCUT2D eigenvalue weighted by Crippen LogP contribution is -2.19. The summed E-state index contributed by atoms with van der Waals surface area (Å²) in [6, 6.07) is 19.7. The summed E-state index contributed by atoms with van der Waals surface area (Å²) < 4.78 is 6.92. The molecule has 3 aromatic carbocycles. The molecule has 4 rings (SSSR count). The lowest BCUT2D eigenvalue weighted by atomic mass is 10.1. The number of carbonyl (C=O) groups is 1. The molecule has 2 N–H and O–H groups in total. The Morgan fingerprint density at radius 1 is 1.09 bits per heavy atom. The largest absolute Gasteiger partial charge is 0.504 e.